The lowest BCUT2D eigenvalue weighted by atomic mass is 10.0. The average molecular weight is 244 g/mol. The Hall–Kier alpha value is -1.62. The Morgan fingerprint density at radius 1 is 1.56 bits per heavy atom. The van der Waals surface area contributed by atoms with Gasteiger partial charge in [-0.3, -0.25) is 10.1 Å². The van der Waals surface area contributed by atoms with Crippen molar-refractivity contribution in [3.05, 3.63) is 38.9 Å². The number of nitrogens with zero attached hydrogens (tertiary/aromatic N) is 1. The van der Waals surface area contributed by atoms with Crippen LogP contribution in [0.5, 0.6) is 0 Å². The van der Waals surface area contributed by atoms with Crippen molar-refractivity contribution in [1.29, 1.82) is 0 Å². The summed E-state index contributed by atoms with van der Waals surface area (Å²) in [4.78, 5) is 21.6. The summed E-state index contributed by atoms with van der Waals surface area (Å²) in [7, 11) is 1.18. The summed E-state index contributed by atoms with van der Waals surface area (Å²) in [6.07, 6.45) is 0. The number of aryl methyl sites for hydroxylation is 1. The lowest BCUT2D eigenvalue weighted by Gasteiger charge is -2.06. The molecule has 0 aliphatic heterocycles. The number of alkyl halides is 1. The maximum absolute atomic E-state index is 11.4. The molecule has 0 atom stereocenters. The van der Waals surface area contributed by atoms with Gasteiger partial charge >= 0.3 is 5.97 Å². The van der Waals surface area contributed by atoms with Crippen molar-refractivity contribution < 1.29 is 14.5 Å². The van der Waals surface area contributed by atoms with Crippen molar-refractivity contribution >= 4 is 23.3 Å². The second-order valence-electron chi connectivity index (χ2n) is 3.19. The third-order valence-corrected chi connectivity index (χ3v) is 2.42. The summed E-state index contributed by atoms with van der Waals surface area (Å²) >= 11 is 5.60. The molecule has 0 N–H and O–H groups in total. The SMILES string of the molecule is COC(=O)c1c(C)cc(CCl)cc1[N+](=O)[O-]. The van der Waals surface area contributed by atoms with Gasteiger partial charge in [-0.1, -0.05) is 6.07 Å². The van der Waals surface area contributed by atoms with Crippen molar-refractivity contribution in [2.24, 2.45) is 0 Å². The van der Waals surface area contributed by atoms with E-state index < -0.39 is 10.9 Å². The number of nitro groups is 1. The molecule has 0 aromatic heterocycles. The minimum Gasteiger partial charge on any atom is -0.465 e. The van der Waals surface area contributed by atoms with Gasteiger partial charge in [-0.05, 0) is 18.1 Å². The number of methoxy groups -OCH3 is 1. The molecule has 16 heavy (non-hydrogen) atoms. The number of carbonyl (C=O) groups excluding carboxylic acids is 1. The van der Waals surface area contributed by atoms with Gasteiger partial charge in [0.15, 0.2) is 0 Å². The fourth-order valence-corrected chi connectivity index (χ4v) is 1.58. The summed E-state index contributed by atoms with van der Waals surface area (Å²) in [5.41, 5.74) is 0.777. The third kappa shape index (κ3) is 2.30. The van der Waals surface area contributed by atoms with Gasteiger partial charge < -0.3 is 4.74 Å². The van der Waals surface area contributed by atoms with Crippen LogP contribution in [0.2, 0.25) is 0 Å². The molecule has 0 saturated heterocycles. The second-order valence-corrected chi connectivity index (χ2v) is 3.46. The van der Waals surface area contributed by atoms with Gasteiger partial charge in [0.25, 0.3) is 5.69 Å². The van der Waals surface area contributed by atoms with Crippen LogP contribution in [-0.2, 0) is 10.6 Å². The summed E-state index contributed by atoms with van der Waals surface area (Å²) in [6.45, 7) is 1.61. The highest BCUT2D eigenvalue weighted by Gasteiger charge is 2.24. The van der Waals surface area contributed by atoms with E-state index in [4.69, 9.17) is 11.6 Å². The quantitative estimate of drug-likeness (QED) is 0.354. The molecule has 0 heterocycles. The second kappa shape index (κ2) is 4.94. The molecule has 5 nitrogen and oxygen atoms in total. The Bertz CT molecular complexity index is 445. The molecule has 0 unspecified atom stereocenters. The molecule has 6 heteroatoms. The lowest BCUT2D eigenvalue weighted by Crippen LogP contribution is -2.08. The predicted octanol–water partition coefficient (Wildman–Crippen LogP) is 2.43. The molecule has 0 fully saturated rings. The van der Waals surface area contributed by atoms with Crippen molar-refractivity contribution in [1.82, 2.24) is 0 Å². The van der Waals surface area contributed by atoms with E-state index in [0.29, 0.717) is 11.1 Å². The summed E-state index contributed by atoms with van der Waals surface area (Å²) in [5, 5.41) is 10.8. The van der Waals surface area contributed by atoms with Crippen LogP contribution >= 0.6 is 11.6 Å². The summed E-state index contributed by atoms with van der Waals surface area (Å²) < 4.78 is 4.51. The first-order chi connectivity index (χ1) is 7.51. The normalized spacial score (nSPS) is 9.94. The molecular weight excluding hydrogens is 234 g/mol. The van der Waals surface area contributed by atoms with Crippen molar-refractivity contribution in [2.75, 3.05) is 7.11 Å². The van der Waals surface area contributed by atoms with Crippen molar-refractivity contribution in [3.63, 3.8) is 0 Å². The fourth-order valence-electron chi connectivity index (χ4n) is 1.43. The highest BCUT2D eigenvalue weighted by atomic mass is 35.5. The summed E-state index contributed by atoms with van der Waals surface area (Å²) in [6, 6.07) is 2.92. The third-order valence-electron chi connectivity index (χ3n) is 2.12. The van der Waals surface area contributed by atoms with E-state index in [1.807, 2.05) is 0 Å². The molecular formula is C10H10ClNO4. The number of halogens is 1. The molecule has 0 radical (unpaired) electrons. The van der Waals surface area contributed by atoms with Gasteiger partial charge in [0.2, 0.25) is 0 Å². The minimum atomic E-state index is -0.717. The van der Waals surface area contributed by atoms with E-state index in [1.165, 1.54) is 13.2 Å². The zero-order valence-corrected chi connectivity index (χ0v) is 9.58. The minimum absolute atomic E-state index is 0.0265. The number of hydrogen-bond acceptors (Lipinski definition) is 4. The molecule has 0 bridgehead atoms. The van der Waals surface area contributed by atoms with Crippen LogP contribution in [0.15, 0.2) is 12.1 Å². The van der Waals surface area contributed by atoms with Crippen molar-refractivity contribution in [3.8, 4) is 0 Å². The number of benzene rings is 1. The zero-order chi connectivity index (χ0) is 12.3. The van der Waals surface area contributed by atoms with Crippen LogP contribution in [0.4, 0.5) is 5.69 Å². The molecule has 0 aliphatic rings. The largest absolute Gasteiger partial charge is 0.465 e. The Balaban J connectivity index is 3.45. The number of hydrogen-bond donors (Lipinski definition) is 0. The molecule has 0 aliphatic carbocycles. The van der Waals surface area contributed by atoms with E-state index in [0.717, 1.165) is 0 Å². The topological polar surface area (TPSA) is 69.4 Å². The zero-order valence-electron chi connectivity index (χ0n) is 8.82. The Labute approximate surface area is 97.1 Å². The molecule has 1 aromatic carbocycles. The molecule has 0 amide bonds. The molecule has 0 spiro atoms. The van der Waals surface area contributed by atoms with Gasteiger partial charge in [-0.2, -0.15) is 0 Å². The number of ether oxygens (including phenoxy) is 1. The van der Waals surface area contributed by atoms with E-state index in [1.54, 1.807) is 13.0 Å². The van der Waals surface area contributed by atoms with Gasteiger partial charge in [0.05, 0.1) is 12.0 Å². The molecule has 1 rings (SSSR count). The predicted molar refractivity (Wildman–Crippen MR) is 58.7 cm³/mol. The van der Waals surface area contributed by atoms with E-state index in [9.17, 15) is 14.9 Å². The van der Waals surface area contributed by atoms with E-state index in [2.05, 4.69) is 4.74 Å². The first-order valence-corrected chi connectivity index (χ1v) is 4.97. The highest BCUT2D eigenvalue weighted by molar-refractivity contribution is 6.17. The smallest absolute Gasteiger partial charge is 0.345 e. The maximum atomic E-state index is 11.4. The van der Waals surface area contributed by atoms with Crippen LogP contribution in [0.1, 0.15) is 21.5 Å². The standard InChI is InChI=1S/C10H10ClNO4/c1-6-3-7(5-11)4-8(12(14)15)9(6)10(13)16-2/h3-4H,5H2,1-2H3. The fraction of sp³-hybridized carbons (Fsp3) is 0.300. The first kappa shape index (κ1) is 12.4. The van der Waals surface area contributed by atoms with Crippen LogP contribution < -0.4 is 0 Å². The van der Waals surface area contributed by atoms with Gasteiger partial charge in [-0.15, -0.1) is 11.6 Å². The number of rotatable bonds is 3. The van der Waals surface area contributed by atoms with E-state index >= 15 is 0 Å². The van der Waals surface area contributed by atoms with E-state index in [-0.39, 0.29) is 17.1 Å². The Morgan fingerprint density at radius 2 is 2.19 bits per heavy atom. The van der Waals surface area contributed by atoms with Gasteiger partial charge in [0, 0.05) is 11.9 Å². The van der Waals surface area contributed by atoms with Crippen LogP contribution in [0, 0.1) is 17.0 Å². The van der Waals surface area contributed by atoms with Crippen LogP contribution in [0.3, 0.4) is 0 Å². The molecule has 0 saturated carbocycles. The first-order valence-electron chi connectivity index (χ1n) is 4.43. The maximum Gasteiger partial charge on any atom is 0.345 e. The number of nitro benzene ring substituents is 1. The molecule has 86 valence electrons. The van der Waals surface area contributed by atoms with Gasteiger partial charge in [0.1, 0.15) is 5.56 Å². The highest BCUT2D eigenvalue weighted by Crippen LogP contribution is 2.25. The van der Waals surface area contributed by atoms with Crippen LogP contribution in [0.25, 0.3) is 0 Å². The van der Waals surface area contributed by atoms with Crippen LogP contribution in [-0.4, -0.2) is 18.0 Å². The summed E-state index contributed by atoms with van der Waals surface area (Å²) in [5.74, 6) is -0.561. The Morgan fingerprint density at radius 3 is 2.62 bits per heavy atom. The number of esters is 1. The van der Waals surface area contributed by atoms with Crippen molar-refractivity contribution in [2.45, 2.75) is 12.8 Å². The number of carbonyl (C=O) groups is 1. The van der Waals surface area contributed by atoms with Gasteiger partial charge in [-0.25, -0.2) is 4.79 Å². The lowest BCUT2D eigenvalue weighted by molar-refractivity contribution is -0.385. The average Bonchev–Trinajstić information content (AvgIpc) is 2.26. The molecule has 1 aromatic rings. The monoisotopic (exact) mass is 243 g/mol. The Kier molecular flexibility index (Phi) is 3.84.